The molecule has 1 atom stereocenters. The van der Waals surface area contributed by atoms with Gasteiger partial charge < -0.3 is 15.1 Å². The lowest BCUT2D eigenvalue weighted by molar-refractivity contribution is -0.247. The Morgan fingerprint density at radius 2 is 2.31 bits per heavy atom. The molecule has 7 nitrogen and oxygen atoms in total. The molecule has 94 valence electrons. The molecule has 0 aromatic heterocycles. The highest BCUT2D eigenvalue weighted by atomic mass is 31.2. The zero-order valence-corrected chi connectivity index (χ0v) is 9.71. The normalized spacial score (nSPS) is 24.1. The Hall–Kier alpha value is -0.270. The van der Waals surface area contributed by atoms with E-state index in [1.165, 1.54) is 6.08 Å². The van der Waals surface area contributed by atoms with Crippen molar-refractivity contribution in [3.05, 3.63) is 11.9 Å². The summed E-state index contributed by atoms with van der Waals surface area (Å²) in [4.78, 5) is 23.3. The van der Waals surface area contributed by atoms with E-state index in [0.29, 0.717) is 13.1 Å². The molecule has 4 N–H and O–H groups in total. The number of hydrogen-bond donors (Lipinski definition) is 4. The van der Waals surface area contributed by atoms with Gasteiger partial charge in [-0.05, 0) is 0 Å². The first kappa shape index (κ1) is 13.8. The molecule has 0 aliphatic carbocycles. The van der Waals surface area contributed by atoms with Crippen molar-refractivity contribution in [1.29, 1.82) is 0 Å². The van der Waals surface area contributed by atoms with E-state index in [4.69, 9.17) is 15.0 Å². The highest BCUT2D eigenvalue weighted by Crippen LogP contribution is 2.35. The van der Waals surface area contributed by atoms with E-state index in [2.05, 4.69) is 10.2 Å². The third kappa shape index (κ3) is 5.72. The van der Waals surface area contributed by atoms with Crippen LogP contribution in [0.25, 0.3) is 0 Å². The van der Waals surface area contributed by atoms with Crippen LogP contribution >= 0.6 is 7.60 Å². The van der Waals surface area contributed by atoms with Gasteiger partial charge in [0.15, 0.2) is 0 Å². The van der Waals surface area contributed by atoms with Gasteiger partial charge in [0.2, 0.25) is 0 Å². The van der Waals surface area contributed by atoms with Crippen molar-refractivity contribution in [3.63, 3.8) is 0 Å². The van der Waals surface area contributed by atoms with Crippen LogP contribution in [-0.2, 0) is 9.45 Å². The van der Waals surface area contributed by atoms with Gasteiger partial charge in [0, 0.05) is 38.0 Å². The minimum absolute atomic E-state index is 0.0437. The quantitative estimate of drug-likeness (QED) is 0.295. The summed E-state index contributed by atoms with van der Waals surface area (Å²) in [5, 5.41) is 11.5. The minimum Gasteiger partial charge on any atom is -0.321 e. The molecule has 0 amide bonds. The number of piperazine rings is 1. The van der Waals surface area contributed by atoms with Crippen molar-refractivity contribution in [2.45, 2.75) is 6.04 Å². The molecule has 0 bridgehead atoms. The van der Waals surface area contributed by atoms with Crippen molar-refractivity contribution >= 4 is 7.60 Å². The fraction of sp³-hybridized carbons (Fsp3) is 0.750. The van der Waals surface area contributed by atoms with Crippen LogP contribution in [0.3, 0.4) is 0 Å². The van der Waals surface area contributed by atoms with E-state index in [-0.39, 0.29) is 12.6 Å². The molecule has 1 aliphatic rings. The Labute approximate surface area is 93.8 Å². The van der Waals surface area contributed by atoms with Crippen LogP contribution in [0, 0.1) is 0 Å². The van der Waals surface area contributed by atoms with E-state index in [9.17, 15) is 4.57 Å². The Bertz CT molecular complexity index is 278. The molecule has 1 aliphatic heterocycles. The second-order valence-electron chi connectivity index (χ2n) is 3.68. The fourth-order valence-electron chi connectivity index (χ4n) is 1.60. The molecule has 0 aromatic carbocycles. The molecule has 1 heterocycles. The maximum Gasteiger partial charge on any atom is 0.348 e. The molecule has 0 radical (unpaired) electrons. The molecule has 1 saturated heterocycles. The topological polar surface area (TPSA) is 102 Å². The Morgan fingerprint density at radius 3 is 2.94 bits per heavy atom. The minimum atomic E-state index is -4.05. The van der Waals surface area contributed by atoms with Gasteiger partial charge in [0.25, 0.3) is 0 Å². The summed E-state index contributed by atoms with van der Waals surface area (Å²) in [7, 11) is -4.05. The number of nitrogens with one attached hydrogen (secondary N) is 1. The van der Waals surface area contributed by atoms with Gasteiger partial charge in [0.1, 0.15) is 0 Å². The SMILES string of the molecule is O=P(O)(O)/C=C/CN1CCNC(COO)C1. The summed E-state index contributed by atoms with van der Waals surface area (Å²) in [6, 6.07) is 0.0437. The van der Waals surface area contributed by atoms with E-state index in [1.54, 1.807) is 0 Å². The first-order valence-electron chi connectivity index (χ1n) is 4.96. The molecule has 8 heteroatoms. The number of hydrogen-bond acceptors (Lipinski definition) is 5. The molecule has 16 heavy (non-hydrogen) atoms. The molecule has 1 rings (SSSR count). The van der Waals surface area contributed by atoms with Gasteiger partial charge in [-0.15, -0.1) is 0 Å². The van der Waals surface area contributed by atoms with E-state index < -0.39 is 7.60 Å². The summed E-state index contributed by atoms with van der Waals surface area (Å²) in [5.41, 5.74) is 0. The first-order chi connectivity index (χ1) is 7.51. The number of rotatable bonds is 5. The molecule has 0 saturated carbocycles. The summed E-state index contributed by atoms with van der Waals surface area (Å²) in [6.07, 6.45) is 1.46. The van der Waals surface area contributed by atoms with Gasteiger partial charge in [-0.3, -0.25) is 14.7 Å². The van der Waals surface area contributed by atoms with Crippen LogP contribution in [0.1, 0.15) is 0 Å². The fourth-order valence-corrected chi connectivity index (χ4v) is 1.96. The van der Waals surface area contributed by atoms with E-state index >= 15 is 0 Å². The maximum atomic E-state index is 10.6. The van der Waals surface area contributed by atoms with Crippen molar-refractivity contribution in [1.82, 2.24) is 10.2 Å². The van der Waals surface area contributed by atoms with Gasteiger partial charge in [-0.25, -0.2) is 4.89 Å². The third-order valence-electron chi connectivity index (χ3n) is 2.28. The first-order valence-corrected chi connectivity index (χ1v) is 6.64. The molecular weight excluding hydrogens is 235 g/mol. The lowest BCUT2D eigenvalue weighted by Gasteiger charge is -2.32. The largest absolute Gasteiger partial charge is 0.348 e. The Morgan fingerprint density at radius 1 is 1.56 bits per heavy atom. The third-order valence-corrected chi connectivity index (χ3v) is 2.88. The summed E-state index contributed by atoms with van der Waals surface area (Å²) in [6.45, 7) is 2.92. The smallest absolute Gasteiger partial charge is 0.321 e. The standard InChI is InChI=1S/C8H17N2O5P/c11-15-7-8-6-10(4-2-9-8)3-1-5-16(12,13)14/h1,5,8-9,11H,2-4,6-7H2,(H2,12,13,14)/b5-1+. The van der Waals surface area contributed by atoms with Gasteiger partial charge >= 0.3 is 7.60 Å². The highest BCUT2D eigenvalue weighted by molar-refractivity contribution is 7.55. The van der Waals surface area contributed by atoms with Crippen LogP contribution in [0.4, 0.5) is 0 Å². The molecule has 0 aromatic rings. The van der Waals surface area contributed by atoms with Gasteiger partial charge in [-0.2, -0.15) is 0 Å². The van der Waals surface area contributed by atoms with Crippen LogP contribution < -0.4 is 5.32 Å². The van der Waals surface area contributed by atoms with Crippen molar-refractivity contribution < 1.29 is 24.5 Å². The van der Waals surface area contributed by atoms with Crippen molar-refractivity contribution in [2.24, 2.45) is 0 Å². The predicted molar refractivity (Wildman–Crippen MR) is 58.0 cm³/mol. The van der Waals surface area contributed by atoms with Crippen LogP contribution in [-0.4, -0.2) is 58.8 Å². The zero-order chi connectivity index (χ0) is 12.0. The zero-order valence-electron chi connectivity index (χ0n) is 8.82. The maximum absolute atomic E-state index is 10.6. The average molecular weight is 252 g/mol. The summed E-state index contributed by atoms with van der Waals surface area (Å²) >= 11 is 0. The van der Waals surface area contributed by atoms with Gasteiger partial charge in [0.05, 0.1) is 6.61 Å². The summed E-state index contributed by atoms with van der Waals surface area (Å²) < 4.78 is 10.6. The monoisotopic (exact) mass is 252 g/mol. The lowest BCUT2D eigenvalue weighted by Crippen LogP contribution is -2.52. The van der Waals surface area contributed by atoms with Crippen LogP contribution in [0.5, 0.6) is 0 Å². The summed E-state index contributed by atoms with van der Waals surface area (Å²) in [5.74, 6) is 0.909. The second kappa shape index (κ2) is 6.46. The molecule has 1 unspecified atom stereocenters. The van der Waals surface area contributed by atoms with E-state index in [1.807, 2.05) is 4.90 Å². The second-order valence-corrected chi connectivity index (χ2v) is 5.16. The highest BCUT2D eigenvalue weighted by Gasteiger charge is 2.18. The lowest BCUT2D eigenvalue weighted by atomic mass is 10.2. The Balaban J connectivity index is 2.32. The molecule has 0 spiro atoms. The Kier molecular flexibility index (Phi) is 5.57. The average Bonchev–Trinajstić information content (AvgIpc) is 2.17. The van der Waals surface area contributed by atoms with E-state index in [0.717, 1.165) is 18.9 Å². The van der Waals surface area contributed by atoms with Gasteiger partial charge in [-0.1, -0.05) is 6.08 Å². The molecular formula is C8H17N2O5P. The van der Waals surface area contributed by atoms with Crippen LogP contribution in [0.15, 0.2) is 11.9 Å². The van der Waals surface area contributed by atoms with Crippen molar-refractivity contribution in [3.8, 4) is 0 Å². The number of nitrogens with zero attached hydrogens (tertiary/aromatic N) is 1. The van der Waals surface area contributed by atoms with Crippen LogP contribution in [0.2, 0.25) is 0 Å². The van der Waals surface area contributed by atoms with Crippen molar-refractivity contribution in [2.75, 3.05) is 32.8 Å². The molecule has 1 fully saturated rings. The predicted octanol–water partition coefficient (Wildman–Crippen LogP) is -0.559.